The van der Waals surface area contributed by atoms with E-state index in [-0.39, 0.29) is 6.04 Å². The highest BCUT2D eigenvalue weighted by atomic mass is 16.2. The van der Waals surface area contributed by atoms with Gasteiger partial charge >= 0.3 is 6.03 Å². The van der Waals surface area contributed by atoms with Gasteiger partial charge in [-0.2, -0.15) is 5.26 Å². The average Bonchev–Trinajstić information content (AvgIpc) is 3.06. The lowest BCUT2D eigenvalue weighted by molar-refractivity contribution is 0.242. The summed E-state index contributed by atoms with van der Waals surface area (Å²) in [5, 5.41) is 12.5. The number of pyridine rings is 1. The molecular weight excluding hydrogens is 340 g/mol. The maximum absolute atomic E-state index is 11.1. The number of aromatic nitrogens is 2. The molecule has 3 aromatic rings. The molecule has 2 amide bonds. The van der Waals surface area contributed by atoms with Crippen LogP contribution in [0.5, 0.6) is 0 Å². The lowest BCUT2D eigenvalue weighted by atomic mass is 10.0. The third-order valence-electron chi connectivity index (χ3n) is 5.30. The van der Waals surface area contributed by atoms with Gasteiger partial charge in [-0.1, -0.05) is 19.1 Å². The first-order chi connectivity index (χ1) is 13.1. The van der Waals surface area contributed by atoms with Gasteiger partial charge in [0.15, 0.2) is 5.65 Å². The number of nitrogens with one attached hydrogen (secondary N) is 1. The minimum Gasteiger partial charge on any atom is -0.358 e. The van der Waals surface area contributed by atoms with E-state index in [9.17, 15) is 10.1 Å². The van der Waals surface area contributed by atoms with Crippen molar-refractivity contribution in [1.82, 2.24) is 14.7 Å². The topological polar surface area (TPSA) is 99.4 Å². The molecule has 3 heterocycles. The molecular formula is C20H22N6O. The van der Waals surface area contributed by atoms with Gasteiger partial charge in [0.1, 0.15) is 11.9 Å². The number of aryl methyl sites for hydroxylation is 1. The average molecular weight is 362 g/mol. The van der Waals surface area contributed by atoms with E-state index >= 15 is 0 Å². The zero-order valence-corrected chi connectivity index (χ0v) is 15.3. The molecule has 138 valence electrons. The quantitative estimate of drug-likeness (QED) is 0.748. The number of nitriles is 1. The fraction of sp³-hybridized carbons (Fsp3) is 0.350. The van der Waals surface area contributed by atoms with Gasteiger partial charge in [-0.25, -0.2) is 9.78 Å². The van der Waals surface area contributed by atoms with E-state index in [1.165, 1.54) is 0 Å². The van der Waals surface area contributed by atoms with Crippen molar-refractivity contribution in [3.63, 3.8) is 0 Å². The zero-order chi connectivity index (χ0) is 19.0. The van der Waals surface area contributed by atoms with E-state index in [4.69, 9.17) is 10.7 Å². The second-order valence-electron chi connectivity index (χ2n) is 6.90. The molecule has 1 aromatic carbocycles. The number of anilines is 1. The normalized spacial score (nSPS) is 15.2. The number of carbonyl (C=O) groups excluding carboxylic acids is 1. The molecule has 0 atom stereocenters. The molecule has 7 heteroatoms. The van der Waals surface area contributed by atoms with Gasteiger partial charge < -0.3 is 16.0 Å². The number of para-hydroxylation sites is 2. The second kappa shape index (κ2) is 6.80. The van der Waals surface area contributed by atoms with Crippen LogP contribution in [0.3, 0.4) is 0 Å². The predicted octanol–water partition coefficient (Wildman–Crippen LogP) is 2.56. The molecule has 0 unspecified atom stereocenters. The molecule has 0 spiro atoms. The molecule has 2 aromatic heterocycles. The summed E-state index contributed by atoms with van der Waals surface area (Å²) in [6.07, 6.45) is 2.44. The predicted molar refractivity (Wildman–Crippen MR) is 105 cm³/mol. The number of hydrogen-bond donors (Lipinski definition) is 2. The smallest absolute Gasteiger partial charge is 0.312 e. The highest BCUT2D eigenvalue weighted by Gasteiger charge is 2.24. The minimum absolute atomic E-state index is 0.109. The van der Waals surface area contributed by atoms with Gasteiger partial charge in [-0.3, -0.25) is 4.40 Å². The number of rotatable bonds is 3. The Bertz CT molecular complexity index is 1060. The van der Waals surface area contributed by atoms with Gasteiger partial charge in [0.25, 0.3) is 0 Å². The number of carbonyl (C=O) groups is 1. The van der Waals surface area contributed by atoms with Gasteiger partial charge in [-0.15, -0.1) is 0 Å². The first-order valence-electron chi connectivity index (χ1n) is 9.26. The number of imidazole rings is 1. The summed E-state index contributed by atoms with van der Waals surface area (Å²) in [5.41, 5.74) is 9.50. The largest absolute Gasteiger partial charge is 0.358 e. The maximum atomic E-state index is 11.1. The van der Waals surface area contributed by atoms with Gasteiger partial charge in [0, 0.05) is 19.1 Å². The molecule has 0 bridgehead atoms. The number of nitrogens with two attached hydrogens (primary N) is 1. The highest BCUT2D eigenvalue weighted by molar-refractivity contribution is 5.85. The van der Waals surface area contributed by atoms with Crippen LogP contribution in [0.2, 0.25) is 0 Å². The summed E-state index contributed by atoms with van der Waals surface area (Å²) in [4.78, 5) is 18.2. The van der Waals surface area contributed by atoms with Crippen LogP contribution in [-0.4, -0.2) is 34.5 Å². The molecule has 7 nitrogen and oxygen atoms in total. The number of piperidine rings is 1. The Balaban J connectivity index is 1.83. The van der Waals surface area contributed by atoms with Gasteiger partial charge in [-0.05, 0) is 43.0 Å². The first-order valence-corrected chi connectivity index (χ1v) is 9.26. The van der Waals surface area contributed by atoms with Crippen LogP contribution < -0.4 is 16.0 Å². The zero-order valence-electron chi connectivity index (χ0n) is 15.3. The second-order valence-corrected chi connectivity index (χ2v) is 6.90. The Labute approximate surface area is 157 Å². The molecule has 1 aliphatic heterocycles. The molecule has 4 rings (SSSR count). The van der Waals surface area contributed by atoms with Crippen molar-refractivity contribution in [1.29, 1.82) is 5.26 Å². The molecule has 1 aliphatic rings. The van der Waals surface area contributed by atoms with Gasteiger partial charge in [0.05, 0.1) is 16.6 Å². The minimum atomic E-state index is -0.469. The SMILES string of the molecule is CCc1cc(N2CCC(NC(N)=O)CC2)n2c(nc3ccccc32)c1C#N. The number of amides is 2. The van der Waals surface area contributed by atoms with E-state index in [1.54, 1.807) is 0 Å². The first kappa shape index (κ1) is 17.2. The van der Waals surface area contributed by atoms with E-state index in [0.717, 1.165) is 54.8 Å². The van der Waals surface area contributed by atoms with Crippen LogP contribution in [-0.2, 0) is 6.42 Å². The molecule has 0 radical (unpaired) electrons. The Morgan fingerprint density at radius 1 is 1.37 bits per heavy atom. The van der Waals surface area contributed by atoms with Crippen LogP contribution >= 0.6 is 0 Å². The third kappa shape index (κ3) is 2.93. The van der Waals surface area contributed by atoms with Crippen LogP contribution in [0.15, 0.2) is 30.3 Å². The summed E-state index contributed by atoms with van der Waals surface area (Å²) in [6.45, 7) is 3.67. The van der Waals surface area contributed by atoms with Crippen molar-refractivity contribution in [3.05, 3.63) is 41.5 Å². The van der Waals surface area contributed by atoms with Crippen molar-refractivity contribution >= 4 is 28.5 Å². The lowest BCUT2D eigenvalue weighted by Crippen LogP contribution is -2.46. The number of benzene rings is 1. The fourth-order valence-corrected chi connectivity index (χ4v) is 3.95. The van der Waals surface area contributed by atoms with Crippen molar-refractivity contribution in [2.45, 2.75) is 32.2 Å². The molecule has 1 saturated heterocycles. The molecule has 3 N–H and O–H groups in total. The molecule has 0 aliphatic carbocycles. The molecule has 0 saturated carbocycles. The molecule has 27 heavy (non-hydrogen) atoms. The van der Waals surface area contributed by atoms with E-state index in [2.05, 4.69) is 33.7 Å². The van der Waals surface area contributed by atoms with Crippen LogP contribution in [0, 0.1) is 11.3 Å². The van der Waals surface area contributed by atoms with Crippen LogP contribution in [0.4, 0.5) is 10.6 Å². The van der Waals surface area contributed by atoms with E-state index in [0.29, 0.717) is 11.2 Å². The summed E-state index contributed by atoms with van der Waals surface area (Å²) >= 11 is 0. The number of fused-ring (bicyclic) bond motifs is 3. The van der Waals surface area contributed by atoms with Crippen LogP contribution in [0.1, 0.15) is 30.9 Å². The maximum Gasteiger partial charge on any atom is 0.312 e. The summed E-state index contributed by atoms with van der Waals surface area (Å²) in [6, 6.07) is 12.1. The fourth-order valence-electron chi connectivity index (χ4n) is 3.95. The number of hydrogen-bond acceptors (Lipinski definition) is 4. The Morgan fingerprint density at radius 2 is 2.11 bits per heavy atom. The van der Waals surface area contributed by atoms with Crippen molar-refractivity contribution in [2.75, 3.05) is 18.0 Å². The number of urea groups is 1. The van der Waals surface area contributed by atoms with Gasteiger partial charge in [0.2, 0.25) is 0 Å². The monoisotopic (exact) mass is 362 g/mol. The molecule has 1 fully saturated rings. The summed E-state index contributed by atoms with van der Waals surface area (Å²) < 4.78 is 2.09. The number of nitrogens with zero attached hydrogens (tertiary/aromatic N) is 4. The highest BCUT2D eigenvalue weighted by Crippen LogP contribution is 2.30. The van der Waals surface area contributed by atoms with Crippen molar-refractivity contribution in [2.24, 2.45) is 5.73 Å². The lowest BCUT2D eigenvalue weighted by Gasteiger charge is -2.34. The number of primary amides is 1. The Kier molecular flexibility index (Phi) is 4.32. The van der Waals surface area contributed by atoms with E-state index < -0.39 is 6.03 Å². The third-order valence-corrected chi connectivity index (χ3v) is 5.30. The standard InChI is InChI=1S/C20H22N6O/c1-2-13-11-18(25-9-7-14(8-10-25)23-20(22)27)26-17-6-4-3-5-16(17)24-19(26)15(13)12-21/h3-6,11,14H,2,7-10H2,1H3,(H3,22,23,27). The Morgan fingerprint density at radius 3 is 2.78 bits per heavy atom. The summed E-state index contributed by atoms with van der Waals surface area (Å²) in [7, 11) is 0. The van der Waals surface area contributed by atoms with Crippen molar-refractivity contribution < 1.29 is 4.79 Å². The summed E-state index contributed by atoms with van der Waals surface area (Å²) in [5.74, 6) is 1.05. The van der Waals surface area contributed by atoms with E-state index in [1.807, 2.05) is 24.3 Å². The Hall–Kier alpha value is -3.27. The van der Waals surface area contributed by atoms with Crippen molar-refractivity contribution in [3.8, 4) is 6.07 Å². The van der Waals surface area contributed by atoms with Crippen LogP contribution in [0.25, 0.3) is 16.7 Å².